The molecule has 0 atom stereocenters. The summed E-state index contributed by atoms with van der Waals surface area (Å²) in [5.74, 6) is 1.10. The van der Waals surface area contributed by atoms with Gasteiger partial charge in [-0.25, -0.2) is 0 Å². The number of rotatable bonds is 3. The molecule has 4 aromatic carbocycles. The molecule has 7 aromatic rings. The Kier molecular flexibility index (Phi) is 3.62. The smallest absolute Gasteiger partial charge is 0.200 e. The van der Waals surface area contributed by atoms with Gasteiger partial charge in [0.05, 0.1) is 30.1 Å². The molecule has 7 rings (SSSR count). The molecular formula is C28H21N3O2. The fourth-order valence-corrected chi connectivity index (χ4v) is 5.23. The van der Waals surface area contributed by atoms with E-state index < -0.39 is 0 Å². The van der Waals surface area contributed by atoms with Crippen LogP contribution in [0.3, 0.4) is 0 Å². The molecule has 0 bridgehead atoms. The van der Waals surface area contributed by atoms with Crippen LogP contribution in [0.25, 0.3) is 54.4 Å². The zero-order valence-corrected chi connectivity index (χ0v) is 18.0. The number of nitrogens with one attached hydrogen (secondary N) is 2. The summed E-state index contributed by atoms with van der Waals surface area (Å²) in [5.41, 5.74) is 5.32. The van der Waals surface area contributed by atoms with E-state index >= 15 is 0 Å². The van der Waals surface area contributed by atoms with Gasteiger partial charge in [-0.3, -0.25) is 0 Å². The molecule has 5 nitrogen and oxygen atoms in total. The Balaban J connectivity index is 1.61. The summed E-state index contributed by atoms with van der Waals surface area (Å²) < 4.78 is 7.23. The summed E-state index contributed by atoms with van der Waals surface area (Å²) in [7, 11) is 1.67. The van der Waals surface area contributed by atoms with Crippen LogP contribution in [-0.4, -0.2) is 26.8 Å². The van der Waals surface area contributed by atoms with Gasteiger partial charge in [-0.1, -0.05) is 48.5 Å². The Morgan fingerprint density at radius 3 is 2.00 bits per heavy atom. The molecule has 0 amide bonds. The first-order chi connectivity index (χ1) is 16.2. The van der Waals surface area contributed by atoms with Crippen molar-refractivity contribution in [1.82, 2.24) is 14.5 Å². The number of para-hydroxylation sites is 2. The van der Waals surface area contributed by atoms with Gasteiger partial charge in [0.2, 0.25) is 0 Å². The van der Waals surface area contributed by atoms with Gasteiger partial charge in [-0.15, -0.1) is 0 Å². The number of aromatic hydroxyl groups is 1. The summed E-state index contributed by atoms with van der Waals surface area (Å²) in [6.45, 7) is 0.568. The quantitative estimate of drug-likeness (QED) is 0.292. The molecule has 0 aliphatic rings. The van der Waals surface area contributed by atoms with E-state index in [0.717, 1.165) is 65.7 Å². The SMILES string of the molecule is COc1ccc(Cn2cc3c(c2O)c2c4ccccc4[nH]c2c2[nH]c4ccccc4c32)cc1. The molecule has 5 heteroatoms. The van der Waals surface area contributed by atoms with Gasteiger partial charge in [-0.2, -0.15) is 0 Å². The first kappa shape index (κ1) is 18.2. The Hall–Kier alpha value is -4.38. The predicted molar refractivity (Wildman–Crippen MR) is 134 cm³/mol. The predicted octanol–water partition coefficient (Wildman–Crippen LogP) is 6.67. The van der Waals surface area contributed by atoms with Gasteiger partial charge >= 0.3 is 0 Å². The van der Waals surface area contributed by atoms with Crippen molar-refractivity contribution in [2.75, 3.05) is 7.11 Å². The standard InChI is InChI=1S/C28H21N3O2/c1-33-17-12-10-16(11-13-17)14-31-15-20-23-18-6-2-4-8-21(18)29-26(23)27-24(25(20)28(31)32)19-7-3-5-9-22(19)30-27/h2-13,15,29-30,32H,14H2,1H3. The van der Waals surface area contributed by atoms with E-state index in [4.69, 9.17) is 4.74 Å². The van der Waals surface area contributed by atoms with E-state index in [0.29, 0.717) is 6.54 Å². The lowest BCUT2D eigenvalue weighted by atomic mass is 10.0. The van der Waals surface area contributed by atoms with Crippen LogP contribution in [0, 0.1) is 0 Å². The Morgan fingerprint density at radius 2 is 1.33 bits per heavy atom. The third kappa shape index (κ3) is 2.47. The van der Waals surface area contributed by atoms with Gasteiger partial charge in [0.15, 0.2) is 5.88 Å². The topological polar surface area (TPSA) is 66.0 Å². The molecule has 0 aliphatic heterocycles. The first-order valence-electron chi connectivity index (χ1n) is 11.0. The van der Waals surface area contributed by atoms with E-state index in [2.05, 4.69) is 46.5 Å². The second kappa shape index (κ2) is 6.56. The van der Waals surface area contributed by atoms with Crippen LogP contribution < -0.4 is 4.74 Å². The van der Waals surface area contributed by atoms with Crippen LogP contribution in [-0.2, 0) is 6.54 Å². The highest BCUT2D eigenvalue weighted by Crippen LogP contribution is 2.45. The third-order valence-electron chi connectivity index (χ3n) is 6.74. The summed E-state index contributed by atoms with van der Waals surface area (Å²) in [5, 5.41) is 17.9. The van der Waals surface area contributed by atoms with E-state index in [-0.39, 0.29) is 5.88 Å². The number of ether oxygens (including phenoxy) is 1. The number of hydrogen-bond donors (Lipinski definition) is 3. The number of H-pyrrole nitrogens is 2. The van der Waals surface area contributed by atoms with Crippen molar-refractivity contribution in [3.8, 4) is 11.6 Å². The molecule has 160 valence electrons. The number of fused-ring (bicyclic) bond motifs is 10. The highest BCUT2D eigenvalue weighted by Gasteiger charge is 2.22. The summed E-state index contributed by atoms with van der Waals surface area (Å²) in [6.07, 6.45) is 2.08. The monoisotopic (exact) mass is 431 g/mol. The molecule has 0 spiro atoms. The molecule has 0 aliphatic carbocycles. The second-order valence-electron chi connectivity index (χ2n) is 8.56. The van der Waals surface area contributed by atoms with E-state index in [1.54, 1.807) is 7.11 Å². The lowest BCUT2D eigenvalue weighted by Crippen LogP contribution is -1.97. The second-order valence-corrected chi connectivity index (χ2v) is 8.56. The van der Waals surface area contributed by atoms with Gasteiger partial charge in [0.25, 0.3) is 0 Å². The number of aromatic amines is 2. The van der Waals surface area contributed by atoms with Crippen molar-refractivity contribution in [2.24, 2.45) is 0 Å². The van der Waals surface area contributed by atoms with E-state index in [1.165, 1.54) is 0 Å². The maximum atomic E-state index is 11.5. The molecule has 0 saturated heterocycles. The van der Waals surface area contributed by atoms with Crippen LogP contribution in [0.1, 0.15) is 5.56 Å². The third-order valence-corrected chi connectivity index (χ3v) is 6.74. The van der Waals surface area contributed by atoms with Gasteiger partial charge in [0.1, 0.15) is 5.75 Å². The Labute approximate surface area is 188 Å². The molecule has 33 heavy (non-hydrogen) atoms. The fourth-order valence-electron chi connectivity index (χ4n) is 5.23. The summed E-state index contributed by atoms with van der Waals surface area (Å²) in [6, 6.07) is 24.6. The van der Waals surface area contributed by atoms with Crippen molar-refractivity contribution < 1.29 is 9.84 Å². The van der Waals surface area contributed by atoms with Crippen LogP contribution in [0.2, 0.25) is 0 Å². The average molecular weight is 431 g/mol. The number of hydrogen-bond acceptors (Lipinski definition) is 2. The molecule has 3 aromatic heterocycles. The van der Waals surface area contributed by atoms with E-state index in [1.807, 2.05) is 47.0 Å². The van der Waals surface area contributed by atoms with Crippen LogP contribution in [0.4, 0.5) is 0 Å². The van der Waals surface area contributed by atoms with Gasteiger partial charge in [-0.05, 0) is 29.8 Å². The number of methoxy groups -OCH3 is 1. The number of nitrogens with zero attached hydrogens (tertiary/aromatic N) is 1. The molecule has 0 fully saturated rings. The highest BCUT2D eigenvalue weighted by atomic mass is 16.5. The molecule has 0 radical (unpaired) electrons. The van der Waals surface area contributed by atoms with Crippen molar-refractivity contribution in [3.63, 3.8) is 0 Å². The minimum Gasteiger partial charge on any atom is -0.497 e. The lowest BCUT2D eigenvalue weighted by molar-refractivity contribution is 0.414. The average Bonchev–Trinajstić information content (AvgIpc) is 3.51. The minimum absolute atomic E-state index is 0.280. The van der Waals surface area contributed by atoms with Gasteiger partial charge < -0.3 is 24.4 Å². The van der Waals surface area contributed by atoms with Crippen LogP contribution >= 0.6 is 0 Å². The first-order valence-corrected chi connectivity index (χ1v) is 11.0. The largest absolute Gasteiger partial charge is 0.497 e. The molecule has 3 N–H and O–H groups in total. The van der Waals surface area contributed by atoms with Crippen molar-refractivity contribution >= 4 is 54.4 Å². The number of aromatic nitrogens is 3. The normalized spacial score (nSPS) is 12.0. The van der Waals surface area contributed by atoms with Crippen molar-refractivity contribution in [3.05, 3.63) is 84.6 Å². The lowest BCUT2D eigenvalue weighted by Gasteiger charge is -2.06. The summed E-state index contributed by atoms with van der Waals surface area (Å²) >= 11 is 0. The molecule has 3 heterocycles. The highest BCUT2D eigenvalue weighted by molar-refractivity contribution is 6.36. The van der Waals surface area contributed by atoms with E-state index in [9.17, 15) is 5.11 Å². The van der Waals surface area contributed by atoms with Crippen molar-refractivity contribution in [1.29, 1.82) is 0 Å². The zero-order valence-electron chi connectivity index (χ0n) is 18.0. The number of benzene rings is 4. The maximum Gasteiger partial charge on any atom is 0.200 e. The van der Waals surface area contributed by atoms with Crippen LogP contribution in [0.5, 0.6) is 11.6 Å². The van der Waals surface area contributed by atoms with Gasteiger partial charge in [0, 0.05) is 44.2 Å². The van der Waals surface area contributed by atoms with Crippen LogP contribution in [0.15, 0.2) is 79.0 Å². The van der Waals surface area contributed by atoms with Crippen molar-refractivity contribution in [2.45, 2.75) is 6.54 Å². The molecular weight excluding hydrogens is 410 g/mol. The minimum atomic E-state index is 0.280. The molecule has 0 saturated carbocycles. The fraction of sp³-hybridized carbons (Fsp3) is 0.0714. The molecule has 0 unspecified atom stereocenters. The summed E-state index contributed by atoms with van der Waals surface area (Å²) in [4.78, 5) is 7.24. The Morgan fingerprint density at radius 1 is 0.727 bits per heavy atom. The maximum absolute atomic E-state index is 11.5. The Bertz CT molecular complexity index is 1830. The zero-order chi connectivity index (χ0) is 22.1.